The van der Waals surface area contributed by atoms with Gasteiger partial charge in [0.25, 0.3) is 5.91 Å². The maximum atomic E-state index is 12.7. The Kier molecular flexibility index (Phi) is 4.41. The van der Waals surface area contributed by atoms with Crippen LogP contribution in [-0.2, 0) is 0 Å². The Bertz CT molecular complexity index is 611. The molecule has 2 rings (SSSR count). The highest BCUT2D eigenvalue weighted by Crippen LogP contribution is 2.13. The molecule has 0 radical (unpaired) electrons. The minimum Gasteiger partial charge on any atom is -0.267 e. The van der Waals surface area contributed by atoms with Gasteiger partial charge in [0.2, 0.25) is 0 Å². The first kappa shape index (κ1) is 13.4. The van der Waals surface area contributed by atoms with E-state index in [1.165, 1.54) is 30.5 Å². The van der Waals surface area contributed by atoms with Gasteiger partial charge < -0.3 is 0 Å². The normalized spacial score (nSPS) is 10.6. The van der Waals surface area contributed by atoms with Crippen molar-refractivity contribution in [1.29, 1.82) is 0 Å². The van der Waals surface area contributed by atoms with Crippen molar-refractivity contribution in [3.05, 3.63) is 69.9 Å². The predicted molar refractivity (Wildman–Crippen MR) is 75.6 cm³/mol. The molecular weight excluding hydrogens is 311 g/mol. The molecule has 0 atom stereocenters. The van der Waals surface area contributed by atoms with E-state index in [2.05, 4.69) is 26.5 Å². The van der Waals surface area contributed by atoms with Gasteiger partial charge in [-0.1, -0.05) is 34.1 Å². The van der Waals surface area contributed by atoms with Crippen LogP contribution in [0, 0.1) is 5.82 Å². The van der Waals surface area contributed by atoms with Gasteiger partial charge in [-0.3, -0.25) is 4.79 Å². The van der Waals surface area contributed by atoms with Crippen molar-refractivity contribution < 1.29 is 9.18 Å². The monoisotopic (exact) mass is 320 g/mol. The third kappa shape index (κ3) is 3.72. The van der Waals surface area contributed by atoms with E-state index in [9.17, 15) is 9.18 Å². The molecule has 3 nitrogen and oxygen atoms in total. The number of nitrogens with zero attached hydrogens (tertiary/aromatic N) is 1. The summed E-state index contributed by atoms with van der Waals surface area (Å²) in [6.07, 6.45) is 1.53. The molecule has 2 aromatic carbocycles. The summed E-state index contributed by atoms with van der Waals surface area (Å²) >= 11 is 3.37. The first-order valence-corrected chi connectivity index (χ1v) is 6.29. The summed E-state index contributed by atoms with van der Waals surface area (Å²) in [5, 5.41) is 3.85. The van der Waals surface area contributed by atoms with Crippen molar-refractivity contribution in [3.63, 3.8) is 0 Å². The fourth-order valence-electron chi connectivity index (χ4n) is 1.41. The molecule has 0 fully saturated rings. The molecule has 0 saturated heterocycles. The molecule has 1 N–H and O–H groups in total. The van der Waals surface area contributed by atoms with Gasteiger partial charge in [0.05, 0.1) is 6.21 Å². The lowest BCUT2D eigenvalue weighted by molar-refractivity contribution is 0.0955. The molecule has 0 aliphatic rings. The Labute approximate surface area is 118 Å². The Morgan fingerprint density at radius 3 is 2.53 bits per heavy atom. The molecule has 5 heteroatoms. The van der Waals surface area contributed by atoms with Crippen LogP contribution in [0.15, 0.2) is 58.1 Å². The maximum Gasteiger partial charge on any atom is 0.271 e. The van der Waals surface area contributed by atoms with Gasteiger partial charge in [-0.25, -0.2) is 9.82 Å². The molecule has 0 saturated carbocycles. The Morgan fingerprint density at radius 1 is 1.16 bits per heavy atom. The average Bonchev–Trinajstić information content (AvgIpc) is 2.41. The van der Waals surface area contributed by atoms with Crippen LogP contribution >= 0.6 is 15.9 Å². The minimum absolute atomic E-state index is 0.352. The van der Waals surface area contributed by atoms with Gasteiger partial charge in [0.15, 0.2) is 0 Å². The molecule has 0 aliphatic carbocycles. The number of carbonyl (C=O) groups is 1. The van der Waals surface area contributed by atoms with Crippen LogP contribution in [0.4, 0.5) is 4.39 Å². The zero-order valence-corrected chi connectivity index (χ0v) is 11.4. The molecule has 19 heavy (non-hydrogen) atoms. The molecule has 2 aromatic rings. The van der Waals surface area contributed by atoms with Gasteiger partial charge in [-0.15, -0.1) is 0 Å². The maximum absolute atomic E-state index is 12.7. The summed E-state index contributed by atoms with van der Waals surface area (Å²) in [6.45, 7) is 0. The number of hydrogen-bond acceptors (Lipinski definition) is 2. The highest BCUT2D eigenvalue weighted by molar-refractivity contribution is 9.10. The molecule has 0 aliphatic heterocycles. The third-order valence-electron chi connectivity index (χ3n) is 2.38. The molecule has 0 aromatic heterocycles. The first-order valence-electron chi connectivity index (χ1n) is 5.50. The topological polar surface area (TPSA) is 41.5 Å². The van der Waals surface area contributed by atoms with E-state index in [0.717, 1.165) is 10.0 Å². The third-order valence-corrected chi connectivity index (χ3v) is 3.10. The summed E-state index contributed by atoms with van der Waals surface area (Å²) in [5.41, 5.74) is 3.58. The van der Waals surface area contributed by atoms with E-state index in [4.69, 9.17) is 0 Å². The largest absolute Gasteiger partial charge is 0.271 e. The zero-order valence-electron chi connectivity index (χ0n) is 9.81. The second kappa shape index (κ2) is 6.24. The first-order chi connectivity index (χ1) is 9.16. The SMILES string of the molecule is O=C(N/N=C\c1ccccc1Br)c1ccc(F)cc1. The van der Waals surface area contributed by atoms with Gasteiger partial charge in [0.1, 0.15) is 5.82 Å². The highest BCUT2D eigenvalue weighted by Gasteiger charge is 2.03. The number of nitrogens with one attached hydrogen (secondary N) is 1. The number of amides is 1. The van der Waals surface area contributed by atoms with Crippen molar-refractivity contribution in [1.82, 2.24) is 5.43 Å². The summed E-state index contributed by atoms with van der Waals surface area (Å²) in [6, 6.07) is 12.8. The van der Waals surface area contributed by atoms with Gasteiger partial charge >= 0.3 is 0 Å². The van der Waals surface area contributed by atoms with Crippen LogP contribution in [0.2, 0.25) is 0 Å². The summed E-state index contributed by atoms with van der Waals surface area (Å²) < 4.78 is 13.6. The standard InChI is InChI=1S/C14H10BrFN2O/c15-13-4-2-1-3-11(13)9-17-18-14(19)10-5-7-12(16)8-6-10/h1-9H,(H,18,19)/b17-9-. The number of benzene rings is 2. The molecule has 0 unspecified atom stereocenters. The van der Waals surface area contributed by atoms with E-state index in [0.29, 0.717) is 5.56 Å². The van der Waals surface area contributed by atoms with Crippen LogP contribution in [0.5, 0.6) is 0 Å². The molecule has 0 bridgehead atoms. The van der Waals surface area contributed by atoms with Gasteiger partial charge in [-0.05, 0) is 30.3 Å². The van der Waals surface area contributed by atoms with Crippen LogP contribution in [0.3, 0.4) is 0 Å². The number of halogens is 2. The summed E-state index contributed by atoms with van der Waals surface area (Å²) in [5.74, 6) is -0.767. The van der Waals surface area contributed by atoms with Crippen molar-refractivity contribution in [3.8, 4) is 0 Å². The average molecular weight is 321 g/mol. The van der Waals surface area contributed by atoms with Crippen molar-refractivity contribution in [2.75, 3.05) is 0 Å². The fourth-order valence-corrected chi connectivity index (χ4v) is 1.79. The summed E-state index contributed by atoms with van der Waals surface area (Å²) in [4.78, 5) is 11.7. The minimum atomic E-state index is -0.386. The number of rotatable bonds is 3. The second-order valence-electron chi connectivity index (χ2n) is 3.73. The van der Waals surface area contributed by atoms with Crippen LogP contribution in [0.1, 0.15) is 15.9 Å². The summed E-state index contributed by atoms with van der Waals surface area (Å²) in [7, 11) is 0. The number of hydrogen-bond donors (Lipinski definition) is 1. The van der Waals surface area contributed by atoms with Crippen LogP contribution in [0.25, 0.3) is 0 Å². The van der Waals surface area contributed by atoms with Crippen molar-refractivity contribution >= 4 is 28.1 Å². The van der Waals surface area contributed by atoms with E-state index in [1.54, 1.807) is 0 Å². The smallest absolute Gasteiger partial charge is 0.267 e. The Balaban J connectivity index is 2.01. The van der Waals surface area contributed by atoms with E-state index >= 15 is 0 Å². The van der Waals surface area contributed by atoms with Crippen molar-refractivity contribution in [2.45, 2.75) is 0 Å². The molecule has 0 spiro atoms. The van der Waals surface area contributed by atoms with E-state index in [-0.39, 0.29) is 11.7 Å². The fraction of sp³-hybridized carbons (Fsp3) is 0. The van der Waals surface area contributed by atoms with Gasteiger partial charge in [-0.2, -0.15) is 5.10 Å². The lowest BCUT2D eigenvalue weighted by Gasteiger charge is -2.00. The molecule has 0 heterocycles. The number of carbonyl (C=O) groups excluding carboxylic acids is 1. The van der Waals surface area contributed by atoms with Crippen molar-refractivity contribution in [2.24, 2.45) is 5.10 Å². The molecule has 1 amide bonds. The Hall–Kier alpha value is -2.01. The molecule has 96 valence electrons. The zero-order chi connectivity index (χ0) is 13.7. The predicted octanol–water partition coefficient (Wildman–Crippen LogP) is 3.35. The van der Waals surface area contributed by atoms with E-state index < -0.39 is 0 Å². The quantitative estimate of drug-likeness (QED) is 0.684. The lowest BCUT2D eigenvalue weighted by Crippen LogP contribution is -2.17. The van der Waals surface area contributed by atoms with Crippen LogP contribution < -0.4 is 5.43 Å². The molecular formula is C14H10BrFN2O. The van der Waals surface area contributed by atoms with Gasteiger partial charge in [0, 0.05) is 15.6 Å². The Morgan fingerprint density at radius 2 is 1.84 bits per heavy atom. The highest BCUT2D eigenvalue weighted by atomic mass is 79.9. The van der Waals surface area contributed by atoms with Crippen LogP contribution in [-0.4, -0.2) is 12.1 Å². The van der Waals surface area contributed by atoms with E-state index in [1.807, 2.05) is 24.3 Å². The number of hydrazone groups is 1. The lowest BCUT2D eigenvalue weighted by atomic mass is 10.2. The second-order valence-corrected chi connectivity index (χ2v) is 4.58.